The molecule has 2 fully saturated rings. The number of aromatic hydroxyl groups is 1. The molecule has 1 unspecified atom stereocenters. The summed E-state index contributed by atoms with van der Waals surface area (Å²) in [6.07, 6.45) is 7.93. The largest absolute Gasteiger partial charge is 0.508 e. The molecule has 0 spiro atoms. The van der Waals surface area contributed by atoms with Crippen molar-refractivity contribution in [1.29, 1.82) is 0 Å². The van der Waals surface area contributed by atoms with Crippen molar-refractivity contribution in [3.8, 4) is 5.75 Å². The molecule has 3 aliphatic rings. The fourth-order valence-electron chi connectivity index (χ4n) is 5.18. The highest BCUT2D eigenvalue weighted by molar-refractivity contribution is 8.93. The quantitative estimate of drug-likeness (QED) is 0.780. The highest BCUT2D eigenvalue weighted by Gasteiger charge is 2.52. The second-order valence-corrected chi connectivity index (χ2v) is 6.85. The van der Waals surface area contributed by atoms with Crippen LogP contribution in [0.3, 0.4) is 0 Å². The number of nitrogens with zero attached hydrogens (tertiary/aromatic N) is 1. The zero-order chi connectivity index (χ0) is 13.0. The van der Waals surface area contributed by atoms with Gasteiger partial charge in [-0.25, -0.2) is 0 Å². The van der Waals surface area contributed by atoms with Crippen molar-refractivity contribution in [3.63, 3.8) is 0 Å². The SMILES string of the molecule is Br.CN1CCC23CCCC[C@H]2[C@@H]1Cc1ccc(O)cc13. The van der Waals surface area contributed by atoms with Gasteiger partial charge in [-0.05, 0) is 68.5 Å². The van der Waals surface area contributed by atoms with Crippen molar-refractivity contribution < 1.29 is 5.11 Å². The summed E-state index contributed by atoms with van der Waals surface area (Å²) in [5, 5.41) is 9.91. The van der Waals surface area contributed by atoms with Crippen LogP contribution < -0.4 is 0 Å². The number of phenols is 1. The molecule has 2 aliphatic carbocycles. The fraction of sp³-hybridized carbons (Fsp3) is 0.647. The van der Waals surface area contributed by atoms with Crippen molar-refractivity contribution >= 4 is 17.0 Å². The van der Waals surface area contributed by atoms with E-state index in [1.807, 2.05) is 6.07 Å². The molecular formula is C17H24BrNO. The molecule has 1 saturated heterocycles. The number of likely N-dealkylation sites (N-methyl/N-ethyl adjacent to an activating group) is 1. The van der Waals surface area contributed by atoms with E-state index in [0.29, 0.717) is 11.2 Å². The Morgan fingerprint density at radius 3 is 2.95 bits per heavy atom. The van der Waals surface area contributed by atoms with E-state index >= 15 is 0 Å². The number of hydrogen-bond acceptors (Lipinski definition) is 2. The highest BCUT2D eigenvalue weighted by atomic mass is 79.9. The zero-order valence-corrected chi connectivity index (χ0v) is 13.9. The van der Waals surface area contributed by atoms with Gasteiger partial charge in [-0.15, -0.1) is 17.0 Å². The van der Waals surface area contributed by atoms with Gasteiger partial charge < -0.3 is 10.0 Å². The molecule has 1 N–H and O–H groups in total. The highest BCUT2D eigenvalue weighted by Crippen LogP contribution is 2.55. The standard InChI is InChI=1S/C17H23NO.BrH/c1-18-9-8-17-7-3-2-4-14(17)16(18)10-12-5-6-13(19)11-15(12)17;/h5-6,11,14,16,19H,2-4,7-10H2,1H3;1H/t14-,16-,17?;/m0./s1. The second kappa shape index (κ2) is 5.03. The van der Waals surface area contributed by atoms with Gasteiger partial charge in [0.1, 0.15) is 5.75 Å². The fourth-order valence-corrected chi connectivity index (χ4v) is 5.18. The van der Waals surface area contributed by atoms with E-state index in [2.05, 4.69) is 24.1 Å². The molecule has 3 heteroatoms. The lowest BCUT2D eigenvalue weighted by Crippen LogP contribution is -2.59. The van der Waals surface area contributed by atoms with Crippen molar-refractivity contribution in [2.45, 2.75) is 50.0 Å². The Balaban J connectivity index is 0.00000121. The van der Waals surface area contributed by atoms with Crippen LogP contribution in [0.2, 0.25) is 0 Å². The van der Waals surface area contributed by atoms with Crippen LogP contribution in [-0.2, 0) is 11.8 Å². The minimum absolute atomic E-state index is 0. The van der Waals surface area contributed by atoms with Gasteiger partial charge in [-0.1, -0.05) is 18.9 Å². The summed E-state index contributed by atoms with van der Waals surface area (Å²) >= 11 is 0. The number of hydrogen-bond donors (Lipinski definition) is 1. The predicted molar refractivity (Wildman–Crippen MR) is 86.8 cm³/mol. The lowest BCUT2D eigenvalue weighted by molar-refractivity contribution is 0.00274. The van der Waals surface area contributed by atoms with Crippen molar-refractivity contribution in [2.75, 3.05) is 13.6 Å². The topological polar surface area (TPSA) is 23.5 Å². The maximum Gasteiger partial charge on any atom is 0.115 e. The molecule has 3 atom stereocenters. The van der Waals surface area contributed by atoms with Crippen molar-refractivity contribution in [2.24, 2.45) is 5.92 Å². The van der Waals surface area contributed by atoms with Gasteiger partial charge in [0.2, 0.25) is 0 Å². The van der Waals surface area contributed by atoms with Gasteiger partial charge in [-0.2, -0.15) is 0 Å². The summed E-state index contributed by atoms with van der Waals surface area (Å²) in [6, 6.07) is 6.85. The third kappa shape index (κ3) is 1.86. The number of benzene rings is 1. The Hall–Kier alpha value is -0.540. The minimum Gasteiger partial charge on any atom is -0.508 e. The normalized spacial score (nSPS) is 35.6. The molecule has 0 radical (unpaired) electrons. The molecule has 1 aromatic rings. The number of rotatable bonds is 0. The molecule has 1 heterocycles. The lowest BCUT2D eigenvalue weighted by atomic mass is 9.52. The molecule has 1 aliphatic heterocycles. The van der Waals surface area contributed by atoms with E-state index in [9.17, 15) is 5.11 Å². The van der Waals surface area contributed by atoms with E-state index in [1.54, 1.807) is 0 Å². The Kier molecular flexibility index (Phi) is 3.62. The van der Waals surface area contributed by atoms with Crippen LogP contribution in [0.4, 0.5) is 0 Å². The van der Waals surface area contributed by atoms with Crippen LogP contribution in [0, 0.1) is 5.92 Å². The second-order valence-electron chi connectivity index (χ2n) is 6.85. The molecule has 4 rings (SSSR count). The number of piperidine rings is 1. The maximum atomic E-state index is 9.91. The van der Waals surface area contributed by atoms with Gasteiger partial charge in [-0.3, -0.25) is 0 Å². The molecular weight excluding hydrogens is 314 g/mol. The van der Waals surface area contributed by atoms with Crippen molar-refractivity contribution in [3.05, 3.63) is 29.3 Å². The molecule has 20 heavy (non-hydrogen) atoms. The summed E-state index contributed by atoms with van der Waals surface area (Å²) in [7, 11) is 2.30. The van der Waals surface area contributed by atoms with Gasteiger partial charge in [0.25, 0.3) is 0 Å². The first-order valence-corrected chi connectivity index (χ1v) is 7.73. The van der Waals surface area contributed by atoms with Crippen LogP contribution >= 0.6 is 17.0 Å². The van der Waals surface area contributed by atoms with Gasteiger partial charge in [0, 0.05) is 11.5 Å². The van der Waals surface area contributed by atoms with E-state index < -0.39 is 0 Å². The molecule has 0 amide bonds. The average molecular weight is 338 g/mol. The molecule has 2 nitrogen and oxygen atoms in total. The molecule has 2 bridgehead atoms. The third-order valence-corrected chi connectivity index (χ3v) is 6.10. The first-order chi connectivity index (χ1) is 9.21. The predicted octanol–water partition coefficient (Wildman–Crippen LogP) is 3.66. The number of likely N-dealkylation sites (tertiary alicyclic amines) is 1. The summed E-state index contributed by atoms with van der Waals surface area (Å²) < 4.78 is 0. The van der Waals surface area contributed by atoms with Gasteiger partial charge >= 0.3 is 0 Å². The first-order valence-electron chi connectivity index (χ1n) is 7.73. The summed E-state index contributed by atoms with van der Waals surface area (Å²) in [4.78, 5) is 2.59. The Morgan fingerprint density at radius 1 is 1.25 bits per heavy atom. The first kappa shape index (κ1) is 14.4. The molecule has 110 valence electrons. The third-order valence-electron chi connectivity index (χ3n) is 6.10. The Bertz CT molecular complexity index is 518. The number of halogens is 1. The summed E-state index contributed by atoms with van der Waals surface area (Å²) in [5.74, 6) is 1.27. The van der Waals surface area contributed by atoms with Crippen LogP contribution in [0.25, 0.3) is 0 Å². The van der Waals surface area contributed by atoms with Crippen molar-refractivity contribution in [1.82, 2.24) is 4.90 Å². The van der Waals surface area contributed by atoms with E-state index in [-0.39, 0.29) is 17.0 Å². The van der Waals surface area contributed by atoms with E-state index in [4.69, 9.17) is 0 Å². The van der Waals surface area contributed by atoms with Gasteiger partial charge in [0.15, 0.2) is 0 Å². The maximum absolute atomic E-state index is 9.91. The minimum atomic E-state index is 0. The van der Waals surface area contributed by atoms with E-state index in [1.165, 1.54) is 56.2 Å². The number of fused-ring (bicyclic) bond motifs is 1. The summed E-state index contributed by atoms with van der Waals surface area (Å²) in [5.41, 5.74) is 3.36. The summed E-state index contributed by atoms with van der Waals surface area (Å²) in [6.45, 7) is 1.22. The monoisotopic (exact) mass is 337 g/mol. The smallest absolute Gasteiger partial charge is 0.115 e. The van der Waals surface area contributed by atoms with Crippen LogP contribution in [0.5, 0.6) is 5.75 Å². The van der Waals surface area contributed by atoms with Gasteiger partial charge in [0.05, 0.1) is 0 Å². The number of phenolic OH excluding ortho intramolecular Hbond substituents is 1. The molecule has 1 aromatic carbocycles. The zero-order valence-electron chi connectivity index (χ0n) is 12.1. The van der Waals surface area contributed by atoms with E-state index in [0.717, 1.165) is 12.0 Å². The van der Waals surface area contributed by atoms with Crippen LogP contribution in [-0.4, -0.2) is 29.6 Å². The lowest BCUT2D eigenvalue weighted by Gasteiger charge is -2.58. The Labute approximate surface area is 131 Å². The average Bonchev–Trinajstić information content (AvgIpc) is 2.43. The van der Waals surface area contributed by atoms with Crippen LogP contribution in [0.15, 0.2) is 18.2 Å². The molecule has 1 saturated carbocycles. The molecule has 0 aromatic heterocycles. The Morgan fingerprint density at radius 2 is 2.10 bits per heavy atom. The van der Waals surface area contributed by atoms with Crippen LogP contribution in [0.1, 0.15) is 43.2 Å².